The Hall–Kier alpha value is -2.30. The highest BCUT2D eigenvalue weighted by Gasteiger charge is 2.04. The molecule has 5 heteroatoms. The summed E-state index contributed by atoms with van der Waals surface area (Å²) >= 11 is 0. The number of H-pyrrole nitrogens is 1. The van der Waals surface area contributed by atoms with Crippen LogP contribution in [0.2, 0.25) is 0 Å². The maximum Gasteiger partial charge on any atom is 0.243 e. The van der Waals surface area contributed by atoms with E-state index in [0.717, 1.165) is 17.1 Å². The second-order valence-corrected chi connectivity index (χ2v) is 3.10. The van der Waals surface area contributed by atoms with Crippen LogP contribution < -0.4 is 11.5 Å². The first-order chi connectivity index (χ1) is 7.16. The van der Waals surface area contributed by atoms with E-state index in [0.29, 0.717) is 5.82 Å². The number of para-hydroxylation sites is 2. The van der Waals surface area contributed by atoms with Crippen molar-refractivity contribution in [1.29, 1.82) is 0 Å². The largest absolute Gasteiger partial charge is 0.396 e. The van der Waals surface area contributed by atoms with E-state index >= 15 is 0 Å². The van der Waals surface area contributed by atoms with E-state index in [1.165, 1.54) is 0 Å². The lowest BCUT2D eigenvalue weighted by molar-refractivity contribution is -0.113. The summed E-state index contributed by atoms with van der Waals surface area (Å²) in [7, 11) is 0. The van der Waals surface area contributed by atoms with Crippen molar-refractivity contribution in [3.8, 4) is 0 Å². The van der Waals surface area contributed by atoms with E-state index in [1.807, 2.05) is 24.3 Å². The van der Waals surface area contributed by atoms with Crippen LogP contribution in [0.5, 0.6) is 0 Å². The third-order valence-corrected chi connectivity index (χ3v) is 1.96. The van der Waals surface area contributed by atoms with E-state index in [1.54, 1.807) is 0 Å². The Morgan fingerprint density at radius 2 is 2.07 bits per heavy atom. The van der Waals surface area contributed by atoms with Crippen LogP contribution in [-0.2, 0) is 4.79 Å². The van der Waals surface area contributed by atoms with Crippen molar-refractivity contribution in [2.24, 2.45) is 11.5 Å². The fourth-order valence-electron chi connectivity index (χ4n) is 1.31. The smallest absolute Gasteiger partial charge is 0.243 e. The van der Waals surface area contributed by atoms with Gasteiger partial charge in [-0.2, -0.15) is 0 Å². The van der Waals surface area contributed by atoms with Gasteiger partial charge in [0.2, 0.25) is 5.91 Å². The second kappa shape index (κ2) is 3.45. The molecule has 1 amide bonds. The lowest BCUT2D eigenvalue weighted by Gasteiger charge is -1.92. The summed E-state index contributed by atoms with van der Waals surface area (Å²) in [6.45, 7) is 0. The van der Waals surface area contributed by atoms with Gasteiger partial charge in [-0.25, -0.2) is 4.98 Å². The molecule has 2 rings (SSSR count). The Morgan fingerprint density at radius 3 is 2.73 bits per heavy atom. The van der Waals surface area contributed by atoms with Crippen LogP contribution in [-0.4, -0.2) is 15.9 Å². The van der Waals surface area contributed by atoms with Gasteiger partial charge in [0.1, 0.15) is 0 Å². The quantitative estimate of drug-likeness (QED) is 0.613. The number of amides is 1. The minimum Gasteiger partial charge on any atom is -0.396 e. The number of nitrogens with one attached hydrogen (secondary N) is 1. The molecule has 0 spiro atoms. The zero-order valence-electron chi connectivity index (χ0n) is 7.90. The molecular weight excluding hydrogens is 192 g/mol. The molecule has 0 bridgehead atoms. The Kier molecular flexibility index (Phi) is 2.13. The van der Waals surface area contributed by atoms with Crippen molar-refractivity contribution < 1.29 is 4.79 Å². The predicted octanol–water partition coefficient (Wildman–Crippen LogP) is 0.348. The molecule has 76 valence electrons. The number of carbonyl (C=O) groups excluding carboxylic acids is 1. The van der Waals surface area contributed by atoms with Gasteiger partial charge >= 0.3 is 0 Å². The topological polar surface area (TPSA) is 97.8 Å². The Labute approximate surface area is 85.8 Å². The van der Waals surface area contributed by atoms with Crippen molar-refractivity contribution >= 4 is 22.6 Å². The fourth-order valence-corrected chi connectivity index (χ4v) is 1.31. The van der Waals surface area contributed by atoms with Gasteiger partial charge in [0.15, 0.2) is 5.82 Å². The van der Waals surface area contributed by atoms with Crippen molar-refractivity contribution in [3.05, 3.63) is 36.2 Å². The summed E-state index contributed by atoms with van der Waals surface area (Å²) in [5, 5.41) is 0. The van der Waals surface area contributed by atoms with Gasteiger partial charge in [-0.3, -0.25) is 4.79 Å². The molecule has 0 aliphatic heterocycles. The maximum atomic E-state index is 10.6. The van der Waals surface area contributed by atoms with Gasteiger partial charge in [0, 0.05) is 6.08 Å². The Morgan fingerprint density at radius 1 is 1.33 bits per heavy atom. The van der Waals surface area contributed by atoms with Gasteiger partial charge < -0.3 is 16.5 Å². The molecule has 5 nitrogen and oxygen atoms in total. The van der Waals surface area contributed by atoms with Crippen molar-refractivity contribution in [2.45, 2.75) is 0 Å². The third kappa shape index (κ3) is 1.80. The first kappa shape index (κ1) is 9.26. The van der Waals surface area contributed by atoms with Crippen molar-refractivity contribution in [3.63, 3.8) is 0 Å². The van der Waals surface area contributed by atoms with E-state index in [4.69, 9.17) is 11.5 Å². The fraction of sp³-hybridized carbons (Fsp3) is 0. The molecule has 1 aromatic carbocycles. The highest BCUT2D eigenvalue weighted by molar-refractivity contribution is 5.93. The number of nitrogens with two attached hydrogens (primary N) is 2. The van der Waals surface area contributed by atoms with Crippen LogP contribution in [0.4, 0.5) is 0 Å². The molecule has 0 saturated heterocycles. The first-order valence-corrected chi connectivity index (χ1v) is 4.38. The lowest BCUT2D eigenvalue weighted by atomic mass is 10.3. The average Bonchev–Trinajstić information content (AvgIpc) is 2.59. The number of nitrogens with zero attached hydrogens (tertiary/aromatic N) is 1. The zero-order chi connectivity index (χ0) is 10.8. The summed E-state index contributed by atoms with van der Waals surface area (Å²) < 4.78 is 0. The monoisotopic (exact) mass is 202 g/mol. The molecule has 0 unspecified atom stereocenters. The third-order valence-electron chi connectivity index (χ3n) is 1.96. The number of aromatic nitrogens is 2. The first-order valence-electron chi connectivity index (χ1n) is 4.38. The number of aromatic amines is 1. The number of rotatable bonds is 2. The van der Waals surface area contributed by atoms with E-state index < -0.39 is 5.91 Å². The molecule has 5 N–H and O–H groups in total. The molecular formula is C10H10N4O. The van der Waals surface area contributed by atoms with Crippen LogP contribution in [0.3, 0.4) is 0 Å². The standard InChI is InChI=1S/C10H10N4O/c11-6(5-9(12)15)10-13-7-3-1-2-4-8(7)14-10/h1-5H,11H2,(H2,12,15)(H,13,14)/b6-5-. The normalized spacial score (nSPS) is 11.9. The zero-order valence-corrected chi connectivity index (χ0v) is 7.90. The van der Waals surface area contributed by atoms with E-state index in [9.17, 15) is 4.79 Å². The summed E-state index contributed by atoms with van der Waals surface area (Å²) in [5.41, 5.74) is 12.5. The van der Waals surface area contributed by atoms with Crippen molar-refractivity contribution in [1.82, 2.24) is 9.97 Å². The number of primary amides is 1. The number of hydrogen-bond acceptors (Lipinski definition) is 3. The minimum atomic E-state index is -0.590. The molecule has 1 aromatic heterocycles. The molecule has 2 aromatic rings. The Bertz CT molecular complexity index is 508. The van der Waals surface area contributed by atoms with Gasteiger partial charge in [-0.15, -0.1) is 0 Å². The van der Waals surface area contributed by atoms with Crippen LogP contribution in [0, 0.1) is 0 Å². The molecule has 0 saturated carbocycles. The molecule has 15 heavy (non-hydrogen) atoms. The number of imidazole rings is 1. The van der Waals surface area contributed by atoms with Gasteiger partial charge in [0.05, 0.1) is 16.7 Å². The average molecular weight is 202 g/mol. The number of fused-ring (bicyclic) bond motifs is 1. The van der Waals surface area contributed by atoms with Crippen LogP contribution in [0.15, 0.2) is 30.3 Å². The highest BCUT2D eigenvalue weighted by atomic mass is 16.1. The summed E-state index contributed by atoms with van der Waals surface area (Å²) in [4.78, 5) is 17.8. The second-order valence-electron chi connectivity index (χ2n) is 3.10. The summed E-state index contributed by atoms with van der Waals surface area (Å²) in [5.74, 6) is -0.136. The number of benzene rings is 1. The predicted molar refractivity (Wildman–Crippen MR) is 57.5 cm³/mol. The van der Waals surface area contributed by atoms with Gasteiger partial charge in [-0.05, 0) is 12.1 Å². The molecule has 0 radical (unpaired) electrons. The van der Waals surface area contributed by atoms with E-state index in [-0.39, 0.29) is 5.70 Å². The summed E-state index contributed by atoms with van der Waals surface area (Å²) in [6.07, 6.45) is 1.14. The lowest BCUT2D eigenvalue weighted by Crippen LogP contribution is -2.10. The molecule has 0 fully saturated rings. The van der Waals surface area contributed by atoms with Crippen LogP contribution in [0.25, 0.3) is 16.7 Å². The van der Waals surface area contributed by atoms with Gasteiger partial charge in [-0.1, -0.05) is 12.1 Å². The molecule has 0 atom stereocenters. The van der Waals surface area contributed by atoms with Gasteiger partial charge in [0.25, 0.3) is 0 Å². The van der Waals surface area contributed by atoms with Crippen LogP contribution >= 0.6 is 0 Å². The number of hydrogen-bond donors (Lipinski definition) is 3. The van der Waals surface area contributed by atoms with Crippen molar-refractivity contribution in [2.75, 3.05) is 0 Å². The maximum absolute atomic E-state index is 10.6. The number of carbonyl (C=O) groups is 1. The SMILES string of the molecule is NC(=O)/C=C(\N)c1nc2ccccc2[nH]1. The van der Waals surface area contributed by atoms with Crippen LogP contribution in [0.1, 0.15) is 5.82 Å². The molecule has 0 aliphatic carbocycles. The van der Waals surface area contributed by atoms with E-state index in [2.05, 4.69) is 9.97 Å². The Balaban J connectivity index is 2.49. The summed E-state index contributed by atoms with van der Waals surface area (Å²) in [6, 6.07) is 7.50. The molecule has 1 heterocycles. The minimum absolute atomic E-state index is 0.235. The highest BCUT2D eigenvalue weighted by Crippen LogP contribution is 2.13. The molecule has 0 aliphatic rings.